The minimum absolute atomic E-state index is 0.0108. The van der Waals surface area contributed by atoms with Crippen LogP contribution in [-0.4, -0.2) is 41.3 Å². The Balaban J connectivity index is 1.52. The number of nitrogens with zero attached hydrogens (tertiary/aromatic N) is 4. The SMILES string of the molecule is CN1C(=O)CCc2cc(N(C(=O)c3cocn3)C(C(=O)NCCc3cccc(F)c3)c3cccnc3)ccc21. The number of hydrogen-bond donors (Lipinski definition) is 1. The summed E-state index contributed by atoms with van der Waals surface area (Å²) in [6.07, 6.45) is 6.74. The average Bonchev–Trinajstić information content (AvgIpc) is 3.49. The fraction of sp³-hybridized carbons (Fsp3) is 0.207. The van der Waals surface area contributed by atoms with Crippen molar-refractivity contribution in [3.05, 3.63) is 108 Å². The predicted octanol–water partition coefficient (Wildman–Crippen LogP) is 3.86. The maximum atomic E-state index is 13.8. The molecule has 5 rings (SSSR count). The maximum Gasteiger partial charge on any atom is 0.281 e. The molecule has 0 saturated carbocycles. The van der Waals surface area contributed by atoms with E-state index in [1.165, 1.54) is 29.5 Å². The highest BCUT2D eigenvalue weighted by molar-refractivity contribution is 6.09. The molecule has 10 heteroatoms. The fourth-order valence-electron chi connectivity index (χ4n) is 4.69. The number of oxazole rings is 1. The highest BCUT2D eigenvalue weighted by Gasteiger charge is 2.35. The van der Waals surface area contributed by atoms with Crippen LogP contribution in [0, 0.1) is 5.82 Å². The van der Waals surface area contributed by atoms with Gasteiger partial charge in [-0.25, -0.2) is 9.37 Å². The molecule has 1 aliphatic heterocycles. The molecule has 198 valence electrons. The van der Waals surface area contributed by atoms with Crippen molar-refractivity contribution in [1.29, 1.82) is 0 Å². The van der Waals surface area contributed by atoms with E-state index >= 15 is 0 Å². The number of carbonyl (C=O) groups is 3. The zero-order valence-corrected chi connectivity index (χ0v) is 21.2. The van der Waals surface area contributed by atoms with Gasteiger partial charge in [0, 0.05) is 49.3 Å². The molecular formula is C29H26FN5O4. The lowest BCUT2D eigenvalue weighted by atomic mass is 9.99. The monoisotopic (exact) mass is 527 g/mol. The molecule has 1 aliphatic rings. The van der Waals surface area contributed by atoms with Crippen molar-refractivity contribution in [2.45, 2.75) is 25.3 Å². The smallest absolute Gasteiger partial charge is 0.281 e. The van der Waals surface area contributed by atoms with Crippen LogP contribution in [-0.2, 0) is 22.4 Å². The molecule has 0 saturated heterocycles. The second kappa shape index (κ2) is 11.3. The number of carbonyl (C=O) groups excluding carboxylic acids is 3. The van der Waals surface area contributed by atoms with Crippen LogP contribution in [0.2, 0.25) is 0 Å². The van der Waals surface area contributed by atoms with E-state index in [4.69, 9.17) is 4.42 Å². The minimum Gasteiger partial charge on any atom is -0.451 e. The molecule has 3 heterocycles. The van der Waals surface area contributed by atoms with E-state index < -0.39 is 17.9 Å². The quantitative estimate of drug-likeness (QED) is 0.373. The van der Waals surface area contributed by atoms with Gasteiger partial charge in [0.15, 0.2) is 12.1 Å². The molecular weight excluding hydrogens is 501 g/mol. The van der Waals surface area contributed by atoms with Crippen LogP contribution in [0.4, 0.5) is 15.8 Å². The normalized spacial score (nSPS) is 13.5. The Labute approximate surface area is 224 Å². The first-order valence-corrected chi connectivity index (χ1v) is 12.5. The van der Waals surface area contributed by atoms with Crippen molar-refractivity contribution < 1.29 is 23.2 Å². The van der Waals surface area contributed by atoms with Gasteiger partial charge in [-0.05, 0) is 60.4 Å². The van der Waals surface area contributed by atoms with Crippen molar-refractivity contribution in [2.75, 3.05) is 23.4 Å². The Kier molecular flexibility index (Phi) is 7.44. The molecule has 0 bridgehead atoms. The first-order valence-electron chi connectivity index (χ1n) is 12.5. The first-order chi connectivity index (χ1) is 18.9. The zero-order valence-electron chi connectivity index (χ0n) is 21.2. The third-order valence-corrected chi connectivity index (χ3v) is 6.66. The molecule has 1 atom stereocenters. The van der Waals surface area contributed by atoms with Gasteiger partial charge in [0.05, 0.1) is 0 Å². The van der Waals surface area contributed by atoms with E-state index in [9.17, 15) is 18.8 Å². The lowest BCUT2D eigenvalue weighted by Crippen LogP contribution is -2.45. The van der Waals surface area contributed by atoms with Crippen LogP contribution in [0.15, 0.2) is 84.1 Å². The third-order valence-electron chi connectivity index (χ3n) is 6.66. The molecule has 2 aromatic heterocycles. The Morgan fingerprint density at radius 3 is 2.77 bits per heavy atom. The maximum absolute atomic E-state index is 13.8. The van der Waals surface area contributed by atoms with Crippen molar-refractivity contribution in [1.82, 2.24) is 15.3 Å². The van der Waals surface area contributed by atoms with E-state index in [-0.39, 0.29) is 24.0 Å². The van der Waals surface area contributed by atoms with Gasteiger partial charge >= 0.3 is 0 Å². The average molecular weight is 528 g/mol. The van der Waals surface area contributed by atoms with Crippen molar-refractivity contribution in [3.8, 4) is 0 Å². The summed E-state index contributed by atoms with van der Waals surface area (Å²) >= 11 is 0. The number of aromatic nitrogens is 2. The van der Waals surface area contributed by atoms with E-state index in [2.05, 4.69) is 15.3 Å². The summed E-state index contributed by atoms with van der Waals surface area (Å²) in [6.45, 7) is 0.224. The molecule has 3 amide bonds. The molecule has 2 aromatic carbocycles. The molecule has 1 unspecified atom stereocenters. The number of pyridine rings is 1. The highest BCUT2D eigenvalue weighted by Crippen LogP contribution is 2.35. The number of aryl methyl sites for hydroxylation is 1. The second-order valence-electron chi connectivity index (χ2n) is 9.17. The van der Waals surface area contributed by atoms with Gasteiger partial charge in [0.2, 0.25) is 11.8 Å². The number of halogens is 1. The van der Waals surface area contributed by atoms with Gasteiger partial charge in [-0.2, -0.15) is 0 Å². The van der Waals surface area contributed by atoms with Crippen LogP contribution in [0.3, 0.4) is 0 Å². The molecule has 9 nitrogen and oxygen atoms in total. The molecule has 1 N–H and O–H groups in total. The minimum atomic E-state index is -1.10. The molecule has 0 fully saturated rings. The van der Waals surface area contributed by atoms with Crippen molar-refractivity contribution in [3.63, 3.8) is 0 Å². The highest BCUT2D eigenvalue weighted by atomic mass is 19.1. The first kappa shape index (κ1) is 25.8. The number of amides is 3. The third kappa shape index (κ3) is 5.54. The number of nitrogens with one attached hydrogen (secondary N) is 1. The van der Waals surface area contributed by atoms with Gasteiger partial charge < -0.3 is 14.6 Å². The molecule has 0 aliphatic carbocycles. The number of rotatable bonds is 8. The van der Waals surface area contributed by atoms with Crippen LogP contribution < -0.4 is 15.1 Å². The molecule has 39 heavy (non-hydrogen) atoms. The fourth-order valence-corrected chi connectivity index (χ4v) is 4.69. The number of benzene rings is 2. The Morgan fingerprint density at radius 1 is 1.15 bits per heavy atom. The second-order valence-corrected chi connectivity index (χ2v) is 9.17. The van der Waals surface area contributed by atoms with Gasteiger partial charge in [-0.15, -0.1) is 0 Å². The van der Waals surface area contributed by atoms with Crippen molar-refractivity contribution >= 4 is 29.1 Å². The molecule has 0 radical (unpaired) electrons. The summed E-state index contributed by atoms with van der Waals surface area (Å²) in [7, 11) is 1.71. The van der Waals surface area contributed by atoms with Crippen LogP contribution >= 0.6 is 0 Å². The molecule has 0 spiro atoms. The van der Waals surface area contributed by atoms with Crippen molar-refractivity contribution in [2.24, 2.45) is 0 Å². The van der Waals surface area contributed by atoms with Gasteiger partial charge in [0.1, 0.15) is 18.1 Å². The standard InChI is InChI=1S/C29H26FN5O4/c1-34-25-9-8-23(15-20(25)7-10-26(34)36)35(29(38)24-17-39-18-33-24)27(21-5-3-12-31-16-21)28(37)32-13-11-19-4-2-6-22(30)14-19/h2-6,8-9,12,14-18,27H,7,10-11,13H2,1H3,(H,32,37). The summed E-state index contributed by atoms with van der Waals surface area (Å²) in [6, 6.07) is 13.8. The van der Waals surface area contributed by atoms with Gasteiger partial charge in [0.25, 0.3) is 5.91 Å². The van der Waals surface area contributed by atoms with Crippen LogP contribution in [0.5, 0.6) is 0 Å². The summed E-state index contributed by atoms with van der Waals surface area (Å²) in [5.74, 6) is -1.33. The predicted molar refractivity (Wildman–Crippen MR) is 142 cm³/mol. The van der Waals surface area contributed by atoms with Crippen LogP contribution in [0.25, 0.3) is 0 Å². The number of anilines is 2. The Hall–Kier alpha value is -4.86. The lowest BCUT2D eigenvalue weighted by molar-refractivity contribution is -0.122. The largest absolute Gasteiger partial charge is 0.451 e. The summed E-state index contributed by atoms with van der Waals surface area (Å²) in [5.41, 5.74) is 3.34. The zero-order chi connectivity index (χ0) is 27.4. The van der Waals surface area contributed by atoms with E-state index in [1.54, 1.807) is 54.5 Å². The Morgan fingerprint density at radius 2 is 2.03 bits per heavy atom. The number of fused-ring (bicyclic) bond motifs is 1. The van der Waals surface area contributed by atoms with E-state index in [0.29, 0.717) is 30.5 Å². The van der Waals surface area contributed by atoms with E-state index in [1.807, 2.05) is 6.07 Å². The summed E-state index contributed by atoms with van der Waals surface area (Å²) < 4.78 is 18.7. The summed E-state index contributed by atoms with van der Waals surface area (Å²) in [4.78, 5) is 51.0. The van der Waals surface area contributed by atoms with Gasteiger partial charge in [-0.1, -0.05) is 18.2 Å². The van der Waals surface area contributed by atoms with Gasteiger partial charge in [-0.3, -0.25) is 24.3 Å². The van der Waals surface area contributed by atoms with Crippen LogP contribution in [0.1, 0.15) is 39.6 Å². The number of hydrogen-bond acceptors (Lipinski definition) is 6. The van der Waals surface area contributed by atoms with E-state index in [0.717, 1.165) is 23.2 Å². The topological polar surface area (TPSA) is 109 Å². The molecule has 4 aromatic rings. The lowest BCUT2D eigenvalue weighted by Gasteiger charge is -2.32. The Bertz CT molecular complexity index is 1490. The summed E-state index contributed by atoms with van der Waals surface area (Å²) in [5, 5.41) is 2.89.